The van der Waals surface area contributed by atoms with Gasteiger partial charge in [0.1, 0.15) is 11.9 Å². The minimum Gasteiger partial charge on any atom is -0.350 e. The summed E-state index contributed by atoms with van der Waals surface area (Å²) < 4.78 is 39.6. The molecule has 0 spiro atoms. The predicted molar refractivity (Wildman–Crippen MR) is 167 cm³/mol. The summed E-state index contributed by atoms with van der Waals surface area (Å²) in [5, 5.41) is 3.69. The molecule has 0 aliphatic carbocycles. The molecule has 3 aromatic carbocycles. The Morgan fingerprint density at radius 3 is 2.14 bits per heavy atom. The Morgan fingerprint density at radius 2 is 1.57 bits per heavy atom. The van der Waals surface area contributed by atoms with Gasteiger partial charge in [-0.2, -0.15) is 0 Å². The van der Waals surface area contributed by atoms with E-state index < -0.39 is 27.4 Å². The summed E-state index contributed by atoms with van der Waals surface area (Å²) >= 11 is 12.4. The first-order chi connectivity index (χ1) is 19.6. The summed E-state index contributed by atoms with van der Waals surface area (Å²) in [4.78, 5) is 29.1. The molecule has 0 saturated carbocycles. The Bertz CT molecular complexity index is 1480. The second kappa shape index (κ2) is 14.4. The number of carbonyl (C=O) groups excluding carboxylic acids is 2. The second-order valence-electron chi connectivity index (χ2n) is 11.1. The van der Waals surface area contributed by atoms with Gasteiger partial charge in [-0.05, 0) is 74.7 Å². The van der Waals surface area contributed by atoms with E-state index in [0.29, 0.717) is 21.3 Å². The number of hydrogen-bond acceptors (Lipinski definition) is 4. The molecule has 42 heavy (non-hydrogen) atoms. The van der Waals surface area contributed by atoms with Crippen LogP contribution in [0.4, 0.5) is 10.1 Å². The largest absolute Gasteiger partial charge is 0.350 e. The Balaban J connectivity index is 1.92. The van der Waals surface area contributed by atoms with Gasteiger partial charge < -0.3 is 10.2 Å². The van der Waals surface area contributed by atoms with E-state index in [-0.39, 0.29) is 44.2 Å². The van der Waals surface area contributed by atoms with E-state index in [9.17, 15) is 22.4 Å². The van der Waals surface area contributed by atoms with Crippen LogP contribution >= 0.6 is 23.2 Å². The quantitative estimate of drug-likeness (QED) is 0.255. The van der Waals surface area contributed by atoms with E-state index in [1.54, 1.807) is 18.2 Å². The molecule has 1 atom stereocenters. The summed E-state index contributed by atoms with van der Waals surface area (Å²) in [5.74, 6) is -1.14. The van der Waals surface area contributed by atoms with Crippen LogP contribution in [-0.2, 0) is 32.6 Å². The van der Waals surface area contributed by atoms with Gasteiger partial charge >= 0.3 is 0 Å². The molecular formula is C31H36Cl2FN3O4S. The lowest BCUT2D eigenvalue weighted by Gasteiger charge is -2.34. The van der Waals surface area contributed by atoms with Gasteiger partial charge in [0, 0.05) is 31.5 Å². The van der Waals surface area contributed by atoms with Crippen molar-refractivity contribution in [3.63, 3.8) is 0 Å². The Labute approximate surface area is 257 Å². The highest BCUT2D eigenvalue weighted by molar-refractivity contribution is 7.92. The highest BCUT2D eigenvalue weighted by atomic mass is 35.5. The summed E-state index contributed by atoms with van der Waals surface area (Å²) in [6.07, 6.45) is 1.45. The molecule has 0 fully saturated rings. The number of benzene rings is 3. The molecule has 3 aromatic rings. The number of halogens is 3. The van der Waals surface area contributed by atoms with Crippen LogP contribution in [0.1, 0.15) is 44.7 Å². The zero-order valence-corrected chi connectivity index (χ0v) is 26.4. The van der Waals surface area contributed by atoms with Gasteiger partial charge in [0.05, 0.1) is 22.0 Å². The Kier molecular flexibility index (Phi) is 11.4. The maximum Gasteiger partial charge on any atom is 0.243 e. The molecule has 0 bridgehead atoms. The first-order valence-electron chi connectivity index (χ1n) is 13.5. The molecule has 0 aromatic heterocycles. The third kappa shape index (κ3) is 10.00. The van der Waals surface area contributed by atoms with E-state index in [2.05, 4.69) is 5.32 Å². The van der Waals surface area contributed by atoms with Crippen LogP contribution in [0.25, 0.3) is 0 Å². The summed E-state index contributed by atoms with van der Waals surface area (Å²) in [6.45, 7) is 5.67. The highest BCUT2D eigenvalue weighted by Gasteiger charge is 2.32. The fourth-order valence-electron chi connectivity index (χ4n) is 4.45. The molecule has 2 amide bonds. The average molecular weight is 637 g/mol. The van der Waals surface area contributed by atoms with Crippen LogP contribution in [0, 0.1) is 5.82 Å². The van der Waals surface area contributed by atoms with Crippen molar-refractivity contribution in [2.75, 3.05) is 17.1 Å². The van der Waals surface area contributed by atoms with Gasteiger partial charge in [0.2, 0.25) is 21.8 Å². The summed E-state index contributed by atoms with van der Waals surface area (Å²) in [6, 6.07) is 18.7. The molecule has 0 heterocycles. The lowest BCUT2D eigenvalue weighted by atomic mass is 10.00. The van der Waals surface area contributed by atoms with E-state index in [0.717, 1.165) is 16.1 Å². The number of nitrogens with zero attached hydrogens (tertiary/aromatic N) is 2. The normalized spacial score (nSPS) is 12.5. The van der Waals surface area contributed by atoms with E-state index >= 15 is 0 Å². The monoisotopic (exact) mass is 635 g/mol. The molecule has 226 valence electrons. The lowest BCUT2D eigenvalue weighted by Crippen LogP contribution is -2.54. The van der Waals surface area contributed by atoms with Crippen LogP contribution in [0.15, 0.2) is 72.8 Å². The van der Waals surface area contributed by atoms with Gasteiger partial charge in [-0.3, -0.25) is 13.9 Å². The van der Waals surface area contributed by atoms with E-state index in [4.69, 9.17) is 23.2 Å². The van der Waals surface area contributed by atoms with E-state index in [1.165, 1.54) is 29.2 Å². The number of carbonyl (C=O) groups is 2. The van der Waals surface area contributed by atoms with Crippen molar-refractivity contribution in [2.24, 2.45) is 0 Å². The zero-order valence-electron chi connectivity index (χ0n) is 24.1. The third-order valence-electron chi connectivity index (χ3n) is 6.37. The molecule has 0 aliphatic rings. The van der Waals surface area contributed by atoms with Crippen LogP contribution in [0.5, 0.6) is 0 Å². The number of amides is 2. The van der Waals surface area contributed by atoms with Gasteiger partial charge in [-0.1, -0.05) is 59.6 Å². The highest BCUT2D eigenvalue weighted by Crippen LogP contribution is 2.25. The van der Waals surface area contributed by atoms with Crippen molar-refractivity contribution in [1.29, 1.82) is 0 Å². The standard InChI is InChI=1S/C31H36Cl2FN3O4S/c1-31(2,3)35-30(39)28(20-22-9-6-5-7-10-22)36(21-23-12-17-26(32)27(33)19-23)29(38)11-8-18-37(42(4,40)41)25-15-13-24(34)14-16-25/h5-7,9-10,12-17,19,28H,8,11,18,20-21H2,1-4H3,(H,35,39)/t28-/m1/s1. The number of sulfonamides is 1. The number of anilines is 1. The summed E-state index contributed by atoms with van der Waals surface area (Å²) in [5.41, 5.74) is 1.31. The van der Waals surface area contributed by atoms with Crippen molar-refractivity contribution in [1.82, 2.24) is 10.2 Å². The Hall–Kier alpha value is -3.14. The van der Waals surface area contributed by atoms with Crippen molar-refractivity contribution < 1.29 is 22.4 Å². The molecule has 0 saturated heterocycles. The molecule has 0 radical (unpaired) electrons. The van der Waals surface area contributed by atoms with Crippen molar-refractivity contribution in [3.8, 4) is 0 Å². The smallest absolute Gasteiger partial charge is 0.243 e. The van der Waals surface area contributed by atoms with Crippen molar-refractivity contribution in [3.05, 3.63) is 99.8 Å². The van der Waals surface area contributed by atoms with E-state index in [1.807, 2.05) is 51.1 Å². The maximum absolute atomic E-state index is 13.9. The zero-order chi connectivity index (χ0) is 31.1. The number of rotatable bonds is 12. The molecule has 0 unspecified atom stereocenters. The number of hydrogen-bond donors (Lipinski definition) is 1. The molecule has 11 heteroatoms. The van der Waals surface area contributed by atoms with Gasteiger partial charge in [0.15, 0.2) is 0 Å². The first kappa shape index (κ1) is 33.4. The predicted octanol–water partition coefficient (Wildman–Crippen LogP) is 6.23. The van der Waals surface area contributed by atoms with Crippen LogP contribution in [0.2, 0.25) is 10.0 Å². The molecular weight excluding hydrogens is 600 g/mol. The molecule has 7 nitrogen and oxygen atoms in total. The maximum atomic E-state index is 13.9. The fraction of sp³-hybridized carbons (Fsp3) is 0.355. The topological polar surface area (TPSA) is 86.8 Å². The third-order valence-corrected chi connectivity index (χ3v) is 8.31. The number of nitrogens with one attached hydrogen (secondary N) is 1. The first-order valence-corrected chi connectivity index (χ1v) is 16.1. The SMILES string of the molecule is CC(C)(C)NC(=O)[C@@H](Cc1ccccc1)N(Cc1ccc(Cl)c(Cl)c1)C(=O)CCCN(c1ccc(F)cc1)S(C)(=O)=O. The van der Waals surface area contributed by atoms with Gasteiger partial charge in [0.25, 0.3) is 0 Å². The molecule has 1 N–H and O–H groups in total. The fourth-order valence-corrected chi connectivity index (χ4v) is 5.74. The second-order valence-corrected chi connectivity index (χ2v) is 13.9. The molecule has 3 rings (SSSR count). The van der Waals surface area contributed by atoms with Gasteiger partial charge in [-0.15, -0.1) is 0 Å². The average Bonchev–Trinajstić information content (AvgIpc) is 2.90. The minimum absolute atomic E-state index is 0.00560. The van der Waals surface area contributed by atoms with Crippen LogP contribution < -0.4 is 9.62 Å². The molecule has 0 aliphatic heterocycles. The lowest BCUT2D eigenvalue weighted by molar-refractivity contribution is -0.142. The van der Waals surface area contributed by atoms with Crippen LogP contribution in [-0.4, -0.2) is 49.5 Å². The minimum atomic E-state index is -3.70. The van der Waals surface area contributed by atoms with Crippen molar-refractivity contribution in [2.45, 2.75) is 58.2 Å². The van der Waals surface area contributed by atoms with Crippen LogP contribution in [0.3, 0.4) is 0 Å². The Morgan fingerprint density at radius 1 is 0.929 bits per heavy atom. The van der Waals surface area contributed by atoms with Gasteiger partial charge in [-0.25, -0.2) is 12.8 Å². The summed E-state index contributed by atoms with van der Waals surface area (Å²) in [7, 11) is -3.70. The van der Waals surface area contributed by atoms with Crippen molar-refractivity contribution >= 4 is 50.7 Å².